The lowest BCUT2D eigenvalue weighted by Gasteiger charge is -2.08. The first-order valence-corrected chi connectivity index (χ1v) is 4.80. The lowest BCUT2D eigenvalue weighted by molar-refractivity contribution is 0.173. The first-order chi connectivity index (χ1) is 6.63. The molecule has 0 saturated carbocycles. The van der Waals surface area contributed by atoms with Gasteiger partial charge in [0, 0.05) is 6.54 Å². The second kappa shape index (κ2) is 4.98. The van der Waals surface area contributed by atoms with Gasteiger partial charge in [-0.05, 0) is 37.0 Å². The molecule has 4 N–H and O–H groups in total. The highest BCUT2D eigenvalue weighted by Crippen LogP contribution is 2.18. The van der Waals surface area contributed by atoms with Crippen LogP contribution in [0, 0.1) is 6.92 Å². The summed E-state index contributed by atoms with van der Waals surface area (Å²) in [5.41, 5.74) is 7.28. The third kappa shape index (κ3) is 3.01. The molecule has 0 aliphatic carbocycles. The second-order valence-electron chi connectivity index (χ2n) is 3.55. The van der Waals surface area contributed by atoms with Crippen LogP contribution < -0.4 is 5.73 Å². The quantitative estimate of drug-likeness (QED) is 0.670. The summed E-state index contributed by atoms with van der Waals surface area (Å²) in [6.45, 7) is 2.16. The van der Waals surface area contributed by atoms with Crippen LogP contribution in [0.3, 0.4) is 0 Å². The minimum absolute atomic E-state index is 0.303. The van der Waals surface area contributed by atoms with Crippen molar-refractivity contribution in [2.24, 2.45) is 5.73 Å². The number of hydrogen-bond acceptors (Lipinski definition) is 3. The third-order valence-electron chi connectivity index (χ3n) is 2.30. The maximum Gasteiger partial charge on any atom is 0.118 e. The first-order valence-electron chi connectivity index (χ1n) is 4.80. The molecule has 78 valence electrons. The number of phenolic OH excluding ortho intramolecular Hbond substituents is 1. The number of aromatic hydroxyl groups is 1. The van der Waals surface area contributed by atoms with Crippen molar-refractivity contribution < 1.29 is 10.2 Å². The van der Waals surface area contributed by atoms with E-state index < -0.39 is 6.10 Å². The zero-order valence-electron chi connectivity index (χ0n) is 8.40. The van der Waals surface area contributed by atoms with Crippen molar-refractivity contribution in [2.75, 3.05) is 6.54 Å². The van der Waals surface area contributed by atoms with Gasteiger partial charge in [0.1, 0.15) is 5.75 Å². The van der Waals surface area contributed by atoms with E-state index in [1.54, 1.807) is 6.07 Å². The second-order valence-corrected chi connectivity index (χ2v) is 3.55. The maximum absolute atomic E-state index is 9.30. The highest BCUT2D eigenvalue weighted by Gasteiger charge is 2.03. The van der Waals surface area contributed by atoms with Crippen molar-refractivity contribution in [1.82, 2.24) is 0 Å². The highest BCUT2D eigenvalue weighted by molar-refractivity contribution is 5.34. The Bertz CT molecular complexity index is 299. The maximum atomic E-state index is 9.30. The molecule has 1 unspecified atom stereocenters. The van der Waals surface area contributed by atoms with Gasteiger partial charge in [0.25, 0.3) is 0 Å². The fourth-order valence-corrected chi connectivity index (χ4v) is 1.32. The number of aliphatic hydroxyl groups is 1. The fraction of sp³-hybridized carbons (Fsp3) is 0.455. The smallest absolute Gasteiger partial charge is 0.118 e. The zero-order chi connectivity index (χ0) is 10.6. The molecule has 0 radical (unpaired) electrons. The predicted molar refractivity (Wildman–Crippen MR) is 56.2 cm³/mol. The van der Waals surface area contributed by atoms with Crippen LogP contribution in [0.4, 0.5) is 0 Å². The van der Waals surface area contributed by atoms with Gasteiger partial charge in [0.15, 0.2) is 0 Å². The van der Waals surface area contributed by atoms with E-state index in [-0.39, 0.29) is 0 Å². The van der Waals surface area contributed by atoms with Gasteiger partial charge in [0.05, 0.1) is 6.10 Å². The van der Waals surface area contributed by atoms with Crippen LogP contribution in [-0.2, 0) is 6.42 Å². The molecule has 0 aliphatic rings. The minimum Gasteiger partial charge on any atom is -0.508 e. The van der Waals surface area contributed by atoms with Crippen molar-refractivity contribution in [2.45, 2.75) is 25.9 Å². The normalized spacial score (nSPS) is 12.8. The molecule has 0 saturated heterocycles. The van der Waals surface area contributed by atoms with Gasteiger partial charge in [-0.25, -0.2) is 0 Å². The number of aryl methyl sites for hydroxylation is 2. The van der Waals surface area contributed by atoms with E-state index in [1.165, 1.54) is 0 Å². The molecule has 0 heterocycles. The average Bonchev–Trinajstić information content (AvgIpc) is 2.19. The van der Waals surface area contributed by atoms with Crippen molar-refractivity contribution >= 4 is 0 Å². The highest BCUT2D eigenvalue weighted by atomic mass is 16.3. The van der Waals surface area contributed by atoms with Gasteiger partial charge in [-0.1, -0.05) is 12.1 Å². The van der Waals surface area contributed by atoms with Gasteiger partial charge in [0.2, 0.25) is 0 Å². The summed E-state index contributed by atoms with van der Waals surface area (Å²) in [7, 11) is 0. The topological polar surface area (TPSA) is 66.5 Å². The molecule has 0 aliphatic heterocycles. The first kappa shape index (κ1) is 11.0. The number of aliphatic hydroxyl groups excluding tert-OH is 1. The number of hydrogen-bond donors (Lipinski definition) is 3. The standard InChI is InChI=1S/C11H17NO2/c1-8-6-9(3-5-11(8)14)2-4-10(13)7-12/h3,5-6,10,13-14H,2,4,7,12H2,1H3. The van der Waals surface area contributed by atoms with Gasteiger partial charge < -0.3 is 15.9 Å². The van der Waals surface area contributed by atoms with Crippen LogP contribution in [0.1, 0.15) is 17.5 Å². The minimum atomic E-state index is -0.427. The summed E-state index contributed by atoms with van der Waals surface area (Å²) in [6, 6.07) is 5.48. The summed E-state index contributed by atoms with van der Waals surface area (Å²) in [5, 5.41) is 18.6. The average molecular weight is 195 g/mol. The molecular formula is C11H17NO2. The number of benzene rings is 1. The number of phenols is 1. The monoisotopic (exact) mass is 195 g/mol. The van der Waals surface area contributed by atoms with E-state index in [1.807, 2.05) is 19.1 Å². The summed E-state index contributed by atoms with van der Waals surface area (Å²) in [5.74, 6) is 0.313. The molecule has 1 atom stereocenters. The summed E-state index contributed by atoms with van der Waals surface area (Å²) in [6.07, 6.45) is 1.03. The molecule has 1 rings (SSSR count). The van der Waals surface area contributed by atoms with E-state index in [4.69, 9.17) is 5.73 Å². The van der Waals surface area contributed by atoms with Crippen LogP contribution >= 0.6 is 0 Å². The molecule has 0 spiro atoms. The van der Waals surface area contributed by atoms with Crippen molar-refractivity contribution in [3.05, 3.63) is 29.3 Å². The molecule has 3 heteroatoms. The lowest BCUT2D eigenvalue weighted by atomic mass is 10.0. The Morgan fingerprint density at radius 1 is 1.43 bits per heavy atom. The van der Waals surface area contributed by atoms with Gasteiger partial charge in [-0.3, -0.25) is 0 Å². The van der Waals surface area contributed by atoms with Crippen molar-refractivity contribution in [1.29, 1.82) is 0 Å². The molecule has 0 bridgehead atoms. The Balaban J connectivity index is 2.55. The molecule has 14 heavy (non-hydrogen) atoms. The van der Waals surface area contributed by atoms with E-state index in [9.17, 15) is 10.2 Å². The molecule has 0 amide bonds. The summed E-state index contributed by atoms with van der Waals surface area (Å²) >= 11 is 0. The molecule has 1 aromatic rings. The van der Waals surface area contributed by atoms with Crippen LogP contribution in [0.25, 0.3) is 0 Å². The number of rotatable bonds is 4. The van der Waals surface area contributed by atoms with E-state index >= 15 is 0 Å². The Kier molecular flexibility index (Phi) is 3.92. The van der Waals surface area contributed by atoms with Gasteiger partial charge in [-0.15, -0.1) is 0 Å². The molecule has 3 nitrogen and oxygen atoms in total. The number of nitrogens with two attached hydrogens (primary N) is 1. The van der Waals surface area contributed by atoms with Gasteiger partial charge >= 0.3 is 0 Å². The lowest BCUT2D eigenvalue weighted by Crippen LogP contribution is -2.20. The summed E-state index contributed by atoms with van der Waals surface area (Å²) < 4.78 is 0. The molecule has 0 aromatic heterocycles. The molecule has 0 fully saturated rings. The Hall–Kier alpha value is -1.06. The fourth-order valence-electron chi connectivity index (χ4n) is 1.32. The van der Waals surface area contributed by atoms with Crippen LogP contribution in [-0.4, -0.2) is 22.9 Å². The zero-order valence-corrected chi connectivity index (χ0v) is 8.40. The van der Waals surface area contributed by atoms with E-state index in [2.05, 4.69) is 0 Å². The Labute approximate surface area is 84.2 Å². The van der Waals surface area contributed by atoms with E-state index in [0.29, 0.717) is 18.7 Å². The molecule has 1 aromatic carbocycles. The van der Waals surface area contributed by atoms with E-state index in [0.717, 1.165) is 17.5 Å². The Morgan fingerprint density at radius 3 is 2.71 bits per heavy atom. The largest absolute Gasteiger partial charge is 0.508 e. The van der Waals surface area contributed by atoms with Crippen LogP contribution in [0.2, 0.25) is 0 Å². The molecular weight excluding hydrogens is 178 g/mol. The summed E-state index contributed by atoms with van der Waals surface area (Å²) in [4.78, 5) is 0. The predicted octanol–water partition coefficient (Wildman–Crippen LogP) is 0.953. The SMILES string of the molecule is Cc1cc(CCC(O)CN)ccc1O. The van der Waals surface area contributed by atoms with Crippen LogP contribution in [0.5, 0.6) is 5.75 Å². The third-order valence-corrected chi connectivity index (χ3v) is 2.30. The Morgan fingerprint density at radius 2 is 2.14 bits per heavy atom. The van der Waals surface area contributed by atoms with Crippen molar-refractivity contribution in [3.63, 3.8) is 0 Å². The van der Waals surface area contributed by atoms with Crippen LogP contribution in [0.15, 0.2) is 18.2 Å². The van der Waals surface area contributed by atoms with Crippen molar-refractivity contribution in [3.8, 4) is 5.75 Å². The van der Waals surface area contributed by atoms with Gasteiger partial charge in [-0.2, -0.15) is 0 Å².